The topological polar surface area (TPSA) is 55.2 Å². The number of hydrogen-bond donors (Lipinski definition) is 0. The van der Waals surface area contributed by atoms with Gasteiger partial charge >= 0.3 is 6.18 Å². The molecule has 1 aromatic heterocycles. The van der Waals surface area contributed by atoms with Crippen LogP contribution in [0.15, 0.2) is 47.9 Å². The maximum atomic E-state index is 12.6. The van der Waals surface area contributed by atoms with Crippen molar-refractivity contribution < 1.29 is 21.6 Å². The Bertz CT molecular complexity index is 794. The SMILES string of the molecule is O=S(=O)(c1ccc(C(F)(F)F)cc1)N1CCC(Cn2ccnc2)CC1. The van der Waals surface area contributed by atoms with Crippen LogP contribution in [-0.4, -0.2) is 35.4 Å². The molecule has 0 saturated carbocycles. The molecule has 1 saturated heterocycles. The summed E-state index contributed by atoms with van der Waals surface area (Å²) in [4.78, 5) is 3.88. The molecule has 1 fully saturated rings. The van der Waals surface area contributed by atoms with Gasteiger partial charge < -0.3 is 4.57 Å². The van der Waals surface area contributed by atoms with Crippen LogP contribution in [0.4, 0.5) is 13.2 Å². The summed E-state index contributed by atoms with van der Waals surface area (Å²) in [5.41, 5.74) is -0.856. The third-order valence-electron chi connectivity index (χ3n) is 4.42. The van der Waals surface area contributed by atoms with Crippen LogP contribution >= 0.6 is 0 Å². The molecule has 0 atom stereocenters. The van der Waals surface area contributed by atoms with Crippen LogP contribution < -0.4 is 0 Å². The van der Waals surface area contributed by atoms with Gasteiger partial charge in [-0.1, -0.05) is 0 Å². The molecule has 5 nitrogen and oxygen atoms in total. The highest BCUT2D eigenvalue weighted by atomic mass is 32.2. The summed E-state index contributed by atoms with van der Waals surface area (Å²) in [6.45, 7) is 1.51. The molecule has 3 rings (SSSR count). The number of rotatable bonds is 4. The van der Waals surface area contributed by atoms with Crippen LogP contribution in [-0.2, 0) is 22.7 Å². The van der Waals surface area contributed by atoms with Gasteiger partial charge in [-0.15, -0.1) is 0 Å². The quantitative estimate of drug-likeness (QED) is 0.828. The van der Waals surface area contributed by atoms with Crippen LogP contribution in [0, 0.1) is 5.92 Å². The van der Waals surface area contributed by atoms with Crippen molar-refractivity contribution in [2.24, 2.45) is 5.92 Å². The molecule has 1 aromatic carbocycles. The molecule has 2 heterocycles. The number of sulfonamides is 1. The second kappa shape index (κ2) is 6.80. The van der Waals surface area contributed by atoms with Gasteiger partial charge in [0.05, 0.1) is 16.8 Å². The highest BCUT2D eigenvalue weighted by Crippen LogP contribution is 2.31. The standard InChI is InChI=1S/C16H18F3N3O2S/c17-16(18,19)14-1-3-15(4-2-14)25(23,24)22-8-5-13(6-9-22)11-21-10-7-20-12-21/h1-4,7,10,12-13H,5-6,8-9,11H2. The lowest BCUT2D eigenvalue weighted by atomic mass is 9.98. The van der Waals surface area contributed by atoms with Gasteiger partial charge in [0.15, 0.2) is 0 Å². The highest BCUT2D eigenvalue weighted by Gasteiger charge is 2.32. The van der Waals surface area contributed by atoms with Crippen molar-refractivity contribution in [1.82, 2.24) is 13.9 Å². The number of halogens is 3. The Morgan fingerprint density at radius 2 is 1.76 bits per heavy atom. The van der Waals surface area contributed by atoms with E-state index in [0.29, 0.717) is 31.8 Å². The lowest BCUT2D eigenvalue weighted by Gasteiger charge is -2.31. The Kier molecular flexibility index (Phi) is 4.88. The van der Waals surface area contributed by atoms with Crippen LogP contribution in [0.3, 0.4) is 0 Å². The highest BCUT2D eigenvalue weighted by molar-refractivity contribution is 7.89. The number of alkyl halides is 3. The zero-order valence-corrected chi connectivity index (χ0v) is 14.2. The van der Waals surface area contributed by atoms with Crippen molar-refractivity contribution in [1.29, 1.82) is 0 Å². The molecule has 0 amide bonds. The molecule has 0 unspecified atom stereocenters. The van der Waals surface area contributed by atoms with Gasteiger partial charge in [-0.2, -0.15) is 17.5 Å². The first-order valence-corrected chi connectivity index (χ1v) is 9.34. The Morgan fingerprint density at radius 1 is 1.12 bits per heavy atom. The second-order valence-electron chi connectivity index (χ2n) is 6.13. The smallest absolute Gasteiger partial charge is 0.337 e. The fraction of sp³-hybridized carbons (Fsp3) is 0.438. The van der Waals surface area contributed by atoms with E-state index < -0.39 is 21.8 Å². The van der Waals surface area contributed by atoms with E-state index in [1.54, 1.807) is 12.5 Å². The molecule has 25 heavy (non-hydrogen) atoms. The van der Waals surface area contributed by atoms with Gasteiger partial charge in [0.1, 0.15) is 0 Å². The fourth-order valence-corrected chi connectivity index (χ4v) is 4.46. The summed E-state index contributed by atoms with van der Waals surface area (Å²) in [5, 5.41) is 0. The van der Waals surface area contributed by atoms with E-state index in [2.05, 4.69) is 4.98 Å². The fourth-order valence-electron chi connectivity index (χ4n) is 2.99. The molecular formula is C16H18F3N3O2S. The zero-order valence-electron chi connectivity index (χ0n) is 13.4. The van der Waals surface area contributed by atoms with E-state index in [0.717, 1.165) is 30.8 Å². The van der Waals surface area contributed by atoms with Gasteiger partial charge in [0.25, 0.3) is 0 Å². The van der Waals surface area contributed by atoms with Crippen LogP contribution in [0.1, 0.15) is 18.4 Å². The van der Waals surface area contributed by atoms with Crippen molar-refractivity contribution in [3.63, 3.8) is 0 Å². The summed E-state index contributed by atoms with van der Waals surface area (Å²) in [7, 11) is -3.76. The van der Waals surface area contributed by atoms with Crippen LogP contribution in [0.2, 0.25) is 0 Å². The molecule has 9 heteroatoms. The Labute approximate surface area is 144 Å². The monoisotopic (exact) mass is 373 g/mol. The molecule has 1 aliphatic heterocycles. The zero-order chi connectivity index (χ0) is 18.1. The Balaban J connectivity index is 1.65. The summed E-state index contributed by atoms with van der Waals surface area (Å²) in [6.07, 6.45) is 2.23. The average Bonchev–Trinajstić information content (AvgIpc) is 3.08. The number of aromatic nitrogens is 2. The van der Waals surface area contributed by atoms with Gasteiger partial charge in [0.2, 0.25) is 10.0 Å². The van der Waals surface area contributed by atoms with Crippen LogP contribution in [0.5, 0.6) is 0 Å². The van der Waals surface area contributed by atoms with E-state index in [1.165, 1.54) is 4.31 Å². The van der Waals surface area contributed by atoms with Gasteiger partial charge in [-0.25, -0.2) is 13.4 Å². The molecule has 0 radical (unpaired) electrons. The minimum Gasteiger partial charge on any atom is -0.337 e. The Morgan fingerprint density at radius 3 is 2.28 bits per heavy atom. The number of imidazole rings is 1. The molecule has 0 aliphatic carbocycles. The predicted octanol–water partition coefficient (Wildman–Crippen LogP) is 3.00. The summed E-state index contributed by atoms with van der Waals surface area (Å²) in [6, 6.07) is 3.66. The van der Waals surface area contributed by atoms with Crippen molar-refractivity contribution in [2.75, 3.05) is 13.1 Å². The van der Waals surface area contributed by atoms with Crippen molar-refractivity contribution in [2.45, 2.75) is 30.5 Å². The lowest BCUT2D eigenvalue weighted by molar-refractivity contribution is -0.137. The van der Waals surface area contributed by atoms with Crippen molar-refractivity contribution in [3.8, 4) is 0 Å². The van der Waals surface area contributed by atoms with Crippen molar-refractivity contribution in [3.05, 3.63) is 48.5 Å². The Hall–Kier alpha value is -1.87. The van der Waals surface area contributed by atoms with E-state index in [4.69, 9.17) is 0 Å². The molecule has 0 N–H and O–H groups in total. The first kappa shape index (κ1) is 17.9. The largest absolute Gasteiger partial charge is 0.416 e. The first-order valence-electron chi connectivity index (χ1n) is 7.90. The predicted molar refractivity (Wildman–Crippen MR) is 85.2 cm³/mol. The lowest BCUT2D eigenvalue weighted by Crippen LogP contribution is -2.39. The number of piperidine rings is 1. The number of nitrogens with zero attached hydrogens (tertiary/aromatic N) is 3. The maximum absolute atomic E-state index is 12.6. The molecule has 2 aromatic rings. The summed E-state index contributed by atoms with van der Waals surface area (Å²) in [5.74, 6) is 0.355. The minimum atomic E-state index is -4.48. The third kappa shape index (κ3) is 4.04. The van der Waals surface area contributed by atoms with E-state index in [9.17, 15) is 21.6 Å². The minimum absolute atomic E-state index is 0.103. The van der Waals surface area contributed by atoms with Gasteiger partial charge in [-0.3, -0.25) is 0 Å². The number of benzene rings is 1. The van der Waals surface area contributed by atoms with E-state index in [1.807, 2.05) is 10.8 Å². The van der Waals surface area contributed by atoms with Crippen molar-refractivity contribution >= 4 is 10.0 Å². The average molecular weight is 373 g/mol. The second-order valence-corrected chi connectivity index (χ2v) is 8.07. The third-order valence-corrected chi connectivity index (χ3v) is 6.33. The molecule has 136 valence electrons. The summed E-state index contributed by atoms with van der Waals surface area (Å²) >= 11 is 0. The first-order chi connectivity index (χ1) is 11.8. The number of hydrogen-bond acceptors (Lipinski definition) is 3. The maximum Gasteiger partial charge on any atom is 0.416 e. The summed E-state index contributed by atoms with van der Waals surface area (Å²) < 4.78 is 66.3. The van der Waals surface area contributed by atoms with E-state index in [-0.39, 0.29) is 4.90 Å². The molecular weight excluding hydrogens is 355 g/mol. The van der Waals surface area contributed by atoms with Gasteiger partial charge in [0, 0.05) is 32.0 Å². The molecule has 1 aliphatic rings. The molecule has 0 spiro atoms. The van der Waals surface area contributed by atoms with Crippen LogP contribution in [0.25, 0.3) is 0 Å². The van der Waals surface area contributed by atoms with Gasteiger partial charge in [-0.05, 0) is 43.0 Å². The normalized spacial score (nSPS) is 17.7. The molecule has 0 bridgehead atoms. The van der Waals surface area contributed by atoms with E-state index >= 15 is 0 Å².